The standard InChI is InChI=1S/C17H30O5Si9/c1-6-20-28(21-7-2)29(31(25,26)27,30(23,24)22-8-3)12-11-15-9-10-17(19-5)16(13-18)14(15)4/h9-10,18H,6-8,11-13H2,1-5H3. The minimum atomic E-state index is -2.58. The van der Waals surface area contributed by atoms with Gasteiger partial charge in [0, 0.05) is 80.3 Å². The summed E-state index contributed by atoms with van der Waals surface area (Å²) < 4.78 is 24.4. The second kappa shape index (κ2) is 13.0. The fourth-order valence-electron chi connectivity index (χ4n) is 3.68. The molecule has 0 aromatic heterocycles. The van der Waals surface area contributed by atoms with E-state index >= 15 is 0 Å². The zero-order valence-electron chi connectivity index (χ0n) is 19.0. The van der Waals surface area contributed by atoms with Gasteiger partial charge in [-0.1, -0.05) is 12.1 Å². The van der Waals surface area contributed by atoms with Crippen molar-refractivity contribution in [1.29, 1.82) is 0 Å². The van der Waals surface area contributed by atoms with Crippen molar-refractivity contribution in [3.05, 3.63) is 28.8 Å². The molecule has 1 rings (SSSR count). The summed E-state index contributed by atoms with van der Waals surface area (Å²) in [5, 5.41) is 9.89. The van der Waals surface area contributed by atoms with Gasteiger partial charge in [0.2, 0.25) is 0 Å². The number of ether oxygens (including phenoxy) is 1. The zero-order chi connectivity index (χ0) is 23.9. The van der Waals surface area contributed by atoms with Gasteiger partial charge in [0.25, 0.3) is 0 Å². The monoisotopic (exact) mass is 566 g/mol. The van der Waals surface area contributed by atoms with Crippen LogP contribution >= 0.6 is 0 Å². The first-order valence-electron chi connectivity index (χ1n) is 10.2. The SMILES string of the molecule is CCO[Si](OCC)[Si](CCc1ccc(OC)c(CO)c1C)([Si]([Si])([Si])[Si])[Si]([Si])([Si])OCC. The van der Waals surface area contributed by atoms with Crippen molar-refractivity contribution in [2.45, 2.75) is 46.8 Å². The van der Waals surface area contributed by atoms with E-state index in [1.807, 2.05) is 33.8 Å². The number of rotatable bonds is 14. The lowest BCUT2D eigenvalue weighted by molar-refractivity contribution is 0.229. The third kappa shape index (κ3) is 6.69. The van der Waals surface area contributed by atoms with E-state index < -0.39 is 28.4 Å². The Morgan fingerprint density at radius 2 is 1.55 bits per heavy atom. The first-order valence-corrected chi connectivity index (χ1v) is 28.2. The largest absolute Gasteiger partial charge is 0.496 e. The van der Waals surface area contributed by atoms with E-state index in [1.54, 1.807) is 7.11 Å². The smallest absolute Gasteiger partial charge is 0.354 e. The van der Waals surface area contributed by atoms with Gasteiger partial charge in [-0.15, -0.1) is 0 Å². The number of hydrogen-bond donors (Lipinski definition) is 1. The van der Waals surface area contributed by atoms with E-state index in [4.69, 9.17) is 18.0 Å². The van der Waals surface area contributed by atoms with Crippen LogP contribution in [0.4, 0.5) is 0 Å². The number of methoxy groups -OCH3 is 1. The maximum Gasteiger partial charge on any atom is 0.354 e. The van der Waals surface area contributed by atoms with Gasteiger partial charge in [-0.3, -0.25) is 0 Å². The molecule has 0 aliphatic rings. The molecule has 0 aliphatic heterocycles. The van der Waals surface area contributed by atoms with Gasteiger partial charge in [-0.05, 0) is 51.3 Å². The molecule has 0 aliphatic carbocycles. The van der Waals surface area contributed by atoms with Gasteiger partial charge in [-0.25, -0.2) is 0 Å². The number of aryl methyl sites for hydroxylation is 1. The van der Waals surface area contributed by atoms with Crippen molar-refractivity contribution in [2.24, 2.45) is 0 Å². The van der Waals surface area contributed by atoms with Crippen LogP contribution in [0.3, 0.4) is 0 Å². The van der Waals surface area contributed by atoms with Crippen LogP contribution in [0.5, 0.6) is 5.75 Å². The van der Waals surface area contributed by atoms with Crippen molar-refractivity contribution in [3.8, 4) is 5.75 Å². The summed E-state index contributed by atoms with van der Waals surface area (Å²) in [5.74, 6) is 0.711. The summed E-state index contributed by atoms with van der Waals surface area (Å²) in [6.45, 7) is 4.70. The fourth-order valence-corrected chi connectivity index (χ4v) is 97.9. The molecular formula is C17H30O5Si9. The Kier molecular flexibility index (Phi) is 12.6. The minimum Gasteiger partial charge on any atom is -0.496 e. The topological polar surface area (TPSA) is 57.2 Å². The highest BCUT2D eigenvalue weighted by Gasteiger charge is 2.65. The quantitative estimate of drug-likeness (QED) is 0.322. The average Bonchev–Trinajstić information content (AvgIpc) is 2.68. The summed E-state index contributed by atoms with van der Waals surface area (Å²) in [6, 6.07) is 4.90. The highest BCUT2D eigenvalue weighted by atomic mass is 30.4. The van der Waals surface area contributed by atoms with Gasteiger partial charge < -0.3 is 23.1 Å². The van der Waals surface area contributed by atoms with Crippen LogP contribution < -0.4 is 4.74 Å². The van der Waals surface area contributed by atoms with Gasteiger partial charge in [0.15, 0.2) is 0 Å². The van der Waals surface area contributed by atoms with E-state index in [0.29, 0.717) is 25.6 Å². The highest BCUT2D eigenvalue weighted by molar-refractivity contribution is 8.11. The summed E-state index contributed by atoms with van der Waals surface area (Å²) in [7, 11) is 20.4. The van der Waals surface area contributed by atoms with Crippen LogP contribution in [0.2, 0.25) is 6.04 Å². The van der Waals surface area contributed by atoms with Gasteiger partial charge in [0.1, 0.15) is 19.2 Å². The Balaban J connectivity index is 3.57. The molecule has 1 atom stereocenters. The van der Waals surface area contributed by atoms with Crippen molar-refractivity contribution >= 4 is 77.2 Å². The molecule has 0 saturated carbocycles. The second-order valence-corrected chi connectivity index (χ2v) is 56.0. The Morgan fingerprint density at radius 3 is 1.97 bits per heavy atom. The maximum atomic E-state index is 9.89. The Morgan fingerprint density at radius 1 is 0.968 bits per heavy atom. The van der Waals surface area contributed by atoms with E-state index in [-0.39, 0.29) is 6.61 Å². The molecule has 1 aromatic rings. The van der Waals surface area contributed by atoms with Crippen LogP contribution in [0.15, 0.2) is 12.1 Å². The first-order chi connectivity index (χ1) is 14.5. The minimum absolute atomic E-state index is 0.0564. The first kappa shape index (κ1) is 29.8. The molecule has 164 valence electrons. The lowest BCUT2D eigenvalue weighted by Crippen LogP contribution is -2.89. The van der Waals surface area contributed by atoms with Crippen molar-refractivity contribution in [3.63, 3.8) is 0 Å². The molecule has 1 unspecified atom stereocenters. The van der Waals surface area contributed by atoms with E-state index in [9.17, 15) is 5.11 Å². The van der Waals surface area contributed by atoms with Crippen molar-refractivity contribution in [1.82, 2.24) is 0 Å². The number of aliphatic hydroxyl groups is 1. The molecule has 0 saturated heterocycles. The molecule has 16 radical (unpaired) electrons. The number of hydrogen-bond acceptors (Lipinski definition) is 5. The molecule has 0 heterocycles. The molecule has 0 spiro atoms. The van der Waals surface area contributed by atoms with Gasteiger partial charge in [-0.2, -0.15) is 0 Å². The maximum absolute atomic E-state index is 9.89. The summed E-state index contributed by atoms with van der Waals surface area (Å²) in [4.78, 5) is 0. The van der Waals surface area contributed by atoms with E-state index in [0.717, 1.165) is 23.6 Å². The van der Waals surface area contributed by atoms with Crippen LogP contribution in [0, 0.1) is 6.92 Å². The molecule has 1 N–H and O–H groups in total. The molecular weight excluding hydrogens is 537 g/mol. The number of benzene rings is 1. The second-order valence-electron chi connectivity index (χ2n) is 7.11. The van der Waals surface area contributed by atoms with Crippen molar-refractivity contribution in [2.75, 3.05) is 26.9 Å². The fraction of sp³-hybridized carbons (Fsp3) is 0.647. The molecule has 0 fully saturated rings. The molecule has 0 bridgehead atoms. The highest BCUT2D eigenvalue weighted by Crippen LogP contribution is 2.33. The summed E-state index contributed by atoms with van der Waals surface area (Å²) in [5.41, 5.74) is 3.07. The molecule has 5 nitrogen and oxygen atoms in total. The zero-order valence-corrected chi connectivity index (χ0v) is 28.0. The van der Waals surface area contributed by atoms with Gasteiger partial charge >= 0.3 is 8.80 Å². The third-order valence-electron chi connectivity index (χ3n) is 5.32. The number of aliphatic hydroxyl groups excluding tert-OH is 1. The molecule has 1 aromatic carbocycles. The summed E-state index contributed by atoms with van der Waals surface area (Å²) >= 11 is 0. The predicted molar refractivity (Wildman–Crippen MR) is 139 cm³/mol. The molecule has 14 heteroatoms. The average molecular weight is 567 g/mol. The van der Waals surface area contributed by atoms with Crippen molar-refractivity contribution < 1.29 is 23.1 Å². The van der Waals surface area contributed by atoms with Gasteiger partial charge in [0.05, 0.1) is 13.7 Å². The molecule has 0 amide bonds. The normalized spacial score (nSPS) is 14.7. The van der Waals surface area contributed by atoms with E-state index in [2.05, 4.69) is 54.9 Å². The van der Waals surface area contributed by atoms with Crippen LogP contribution in [-0.4, -0.2) is 109 Å². The van der Waals surface area contributed by atoms with Crippen LogP contribution in [-0.2, 0) is 26.3 Å². The summed E-state index contributed by atoms with van der Waals surface area (Å²) in [6.07, 6.45) is -1.53. The third-order valence-corrected chi connectivity index (χ3v) is 83.7. The Bertz CT molecular complexity index is 695. The van der Waals surface area contributed by atoms with Crippen LogP contribution in [0.1, 0.15) is 37.5 Å². The lowest BCUT2D eigenvalue weighted by Gasteiger charge is -2.52. The molecule has 31 heavy (non-hydrogen) atoms. The predicted octanol–water partition coefficient (Wildman–Crippen LogP) is 0.0404. The lowest BCUT2D eigenvalue weighted by atomic mass is 10.00. The van der Waals surface area contributed by atoms with E-state index in [1.165, 1.54) is 5.56 Å². The Hall–Kier alpha value is 0.812. The Labute approximate surface area is 207 Å². The van der Waals surface area contributed by atoms with Crippen LogP contribution in [0.25, 0.3) is 0 Å².